The Morgan fingerprint density at radius 3 is 2.75 bits per heavy atom. The number of nitriles is 1. The summed E-state index contributed by atoms with van der Waals surface area (Å²) in [6.45, 7) is 0. The van der Waals surface area contributed by atoms with E-state index in [0.717, 1.165) is 5.69 Å². The van der Waals surface area contributed by atoms with Gasteiger partial charge in [0.1, 0.15) is 11.9 Å². The normalized spacial score (nSPS) is 9.50. The molecular formula is C12H8FN3. The second-order valence-corrected chi connectivity index (χ2v) is 3.17. The van der Waals surface area contributed by atoms with Gasteiger partial charge >= 0.3 is 0 Å². The largest absolute Gasteiger partial charge is 0.354 e. The Hall–Kier alpha value is -2.41. The fraction of sp³-hybridized carbons (Fsp3) is 0. The number of aromatic nitrogens is 1. The highest BCUT2D eigenvalue weighted by Crippen LogP contribution is 2.18. The Morgan fingerprint density at radius 1 is 1.25 bits per heavy atom. The first-order chi connectivity index (χ1) is 7.79. The number of nitrogens with one attached hydrogen (secondary N) is 1. The van der Waals surface area contributed by atoms with Gasteiger partial charge in [0.2, 0.25) is 0 Å². The first-order valence-electron chi connectivity index (χ1n) is 4.66. The molecule has 0 saturated carbocycles. The van der Waals surface area contributed by atoms with Gasteiger partial charge in [0.05, 0.1) is 17.4 Å². The van der Waals surface area contributed by atoms with Crippen LogP contribution in [0.5, 0.6) is 0 Å². The summed E-state index contributed by atoms with van der Waals surface area (Å²) in [5.74, 6) is -0.531. The van der Waals surface area contributed by atoms with Crippen molar-refractivity contribution < 1.29 is 4.39 Å². The van der Waals surface area contributed by atoms with Crippen molar-refractivity contribution in [2.75, 3.05) is 5.32 Å². The van der Waals surface area contributed by atoms with Crippen molar-refractivity contribution >= 4 is 11.4 Å². The number of halogens is 1. The second-order valence-electron chi connectivity index (χ2n) is 3.17. The lowest BCUT2D eigenvalue weighted by Gasteiger charge is -2.05. The number of anilines is 2. The summed E-state index contributed by atoms with van der Waals surface area (Å²) in [4.78, 5) is 3.93. The standard InChI is InChI=1S/C12H8FN3/c13-12-6-10(4-3-9(12)7-14)16-11-2-1-5-15-8-11/h1-6,8,16H. The van der Waals surface area contributed by atoms with Gasteiger partial charge in [-0.3, -0.25) is 4.98 Å². The van der Waals surface area contributed by atoms with E-state index in [-0.39, 0.29) is 5.56 Å². The number of hydrogen-bond donors (Lipinski definition) is 1. The van der Waals surface area contributed by atoms with Crippen LogP contribution in [0.2, 0.25) is 0 Å². The quantitative estimate of drug-likeness (QED) is 0.834. The molecule has 16 heavy (non-hydrogen) atoms. The van der Waals surface area contributed by atoms with E-state index in [9.17, 15) is 4.39 Å². The van der Waals surface area contributed by atoms with Crippen LogP contribution in [0.15, 0.2) is 42.7 Å². The topological polar surface area (TPSA) is 48.7 Å². The van der Waals surface area contributed by atoms with Crippen LogP contribution in [0.3, 0.4) is 0 Å². The summed E-state index contributed by atoms with van der Waals surface area (Å²) in [6, 6.07) is 9.74. The highest BCUT2D eigenvalue weighted by molar-refractivity contribution is 5.59. The molecule has 0 spiro atoms. The van der Waals surface area contributed by atoms with Crippen LogP contribution in [-0.2, 0) is 0 Å². The van der Waals surface area contributed by atoms with Gasteiger partial charge in [-0.2, -0.15) is 5.26 Å². The summed E-state index contributed by atoms with van der Waals surface area (Å²) < 4.78 is 13.3. The molecule has 0 aliphatic carbocycles. The molecular weight excluding hydrogens is 205 g/mol. The zero-order valence-electron chi connectivity index (χ0n) is 8.31. The van der Waals surface area contributed by atoms with E-state index in [2.05, 4.69) is 10.3 Å². The lowest BCUT2D eigenvalue weighted by atomic mass is 10.2. The number of rotatable bonds is 2. The number of hydrogen-bond acceptors (Lipinski definition) is 3. The Kier molecular flexibility index (Phi) is 2.79. The highest BCUT2D eigenvalue weighted by Gasteiger charge is 2.02. The molecule has 1 aromatic heterocycles. The van der Waals surface area contributed by atoms with E-state index in [1.54, 1.807) is 30.6 Å². The van der Waals surface area contributed by atoms with E-state index in [1.165, 1.54) is 12.1 Å². The lowest BCUT2D eigenvalue weighted by Crippen LogP contribution is -1.92. The van der Waals surface area contributed by atoms with E-state index in [4.69, 9.17) is 5.26 Å². The Labute approximate surface area is 92.2 Å². The second kappa shape index (κ2) is 4.41. The minimum Gasteiger partial charge on any atom is -0.354 e. The molecule has 1 aromatic carbocycles. The third kappa shape index (κ3) is 2.15. The summed E-state index contributed by atoms with van der Waals surface area (Å²) in [5.41, 5.74) is 1.40. The van der Waals surface area contributed by atoms with Gasteiger partial charge in [0, 0.05) is 11.9 Å². The van der Waals surface area contributed by atoms with Crippen LogP contribution in [0, 0.1) is 17.1 Å². The predicted octanol–water partition coefficient (Wildman–Crippen LogP) is 2.84. The Balaban J connectivity index is 2.24. The molecule has 0 aliphatic rings. The van der Waals surface area contributed by atoms with E-state index in [0.29, 0.717) is 5.69 Å². The number of nitrogens with zero attached hydrogens (tertiary/aromatic N) is 2. The minimum atomic E-state index is -0.531. The van der Waals surface area contributed by atoms with Gasteiger partial charge in [0.25, 0.3) is 0 Å². The SMILES string of the molecule is N#Cc1ccc(Nc2cccnc2)cc1F. The molecule has 0 aliphatic heterocycles. The molecule has 78 valence electrons. The van der Waals surface area contributed by atoms with Crippen molar-refractivity contribution in [2.24, 2.45) is 0 Å². The zero-order chi connectivity index (χ0) is 11.4. The van der Waals surface area contributed by atoms with Crippen molar-refractivity contribution in [3.63, 3.8) is 0 Å². The van der Waals surface area contributed by atoms with Gasteiger partial charge in [-0.25, -0.2) is 4.39 Å². The third-order valence-corrected chi connectivity index (χ3v) is 2.04. The van der Waals surface area contributed by atoms with Crippen LogP contribution in [-0.4, -0.2) is 4.98 Å². The lowest BCUT2D eigenvalue weighted by molar-refractivity contribution is 0.624. The zero-order valence-corrected chi connectivity index (χ0v) is 8.31. The fourth-order valence-electron chi connectivity index (χ4n) is 1.29. The molecule has 1 heterocycles. The van der Waals surface area contributed by atoms with Gasteiger partial charge in [0.15, 0.2) is 0 Å². The number of pyridine rings is 1. The molecule has 2 aromatic rings. The van der Waals surface area contributed by atoms with Gasteiger partial charge in [-0.05, 0) is 30.3 Å². The minimum absolute atomic E-state index is 0.0386. The smallest absolute Gasteiger partial charge is 0.143 e. The molecule has 0 atom stereocenters. The molecule has 3 nitrogen and oxygen atoms in total. The first kappa shape index (κ1) is 10.1. The van der Waals surface area contributed by atoms with Crippen molar-refractivity contribution in [3.05, 3.63) is 54.1 Å². The molecule has 1 N–H and O–H groups in total. The first-order valence-corrected chi connectivity index (χ1v) is 4.66. The summed E-state index contributed by atoms with van der Waals surface area (Å²) in [7, 11) is 0. The van der Waals surface area contributed by atoms with Gasteiger partial charge in [-0.1, -0.05) is 0 Å². The van der Waals surface area contributed by atoms with E-state index < -0.39 is 5.82 Å². The average molecular weight is 213 g/mol. The van der Waals surface area contributed by atoms with Crippen LogP contribution in [0.4, 0.5) is 15.8 Å². The average Bonchev–Trinajstić information content (AvgIpc) is 2.31. The summed E-state index contributed by atoms with van der Waals surface area (Å²) in [5, 5.41) is 11.6. The highest BCUT2D eigenvalue weighted by atomic mass is 19.1. The molecule has 0 amide bonds. The molecule has 0 radical (unpaired) electrons. The van der Waals surface area contributed by atoms with Gasteiger partial charge in [-0.15, -0.1) is 0 Å². The predicted molar refractivity (Wildman–Crippen MR) is 58.6 cm³/mol. The maximum atomic E-state index is 13.3. The third-order valence-electron chi connectivity index (χ3n) is 2.04. The maximum absolute atomic E-state index is 13.3. The number of benzene rings is 1. The van der Waals surface area contributed by atoms with E-state index in [1.807, 2.05) is 6.07 Å². The van der Waals surface area contributed by atoms with Crippen molar-refractivity contribution in [1.29, 1.82) is 5.26 Å². The molecule has 0 unspecified atom stereocenters. The molecule has 2 rings (SSSR count). The van der Waals surface area contributed by atoms with Crippen LogP contribution >= 0.6 is 0 Å². The maximum Gasteiger partial charge on any atom is 0.143 e. The fourth-order valence-corrected chi connectivity index (χ4v) is 1.29. The Bertz CT molecular complexity index is 532. The molecule has 0 saturated heterocycles. The van der Waals surface area contributed by atoms with E-state index >= 15 is 0 Å². The molecule has 0 bridgehead atoms. The summed E-state index contributed by atoms with van der Waals surface area (Å²) >= 11 is 0. The molecule has 4 heteroatoms. The van der Waals surface area contributed by atoms with Crippen molar-refractivity contribution in [1.82, 2.24) is 4.98 Å². The van der Waals surface area contributed by atoms with Crippen LogP contribution < -0.4 is 5.32 Å². The van der Waals surface area contributed by atoms with Crippen molar-refractivity contribution in [3.8, 4) is 6.07 Å². The van der Waals surface area contributed by atoms with Crippen LogP contribution in [0.1, 0.15) is 5.56 Å². The van der Waals surface area contributed by atoms with Crippen molar-refractivity contribution in [2.45, 2.75) is 0 Å². The van der Waals surface area contributed by atoms with Crippen LogP contribution in [0.25, 0.3) is 0 Å². The molecule has 0 fully saturated rings. The Morgan fingerprint density at radius 2 is 2.12 bits per heavy atom. The summed E-state index contributed by atoms with van der Waals surface area (Å²) in [6.07, 6.45) is 3.29. The van der Waals surface area contributed by atoms with Gasteiger partial charge < -0.3 is 5.32 Å². The monoisotopic (exact) mass is 213 g/mol.